The first-order valence-corrected chi connectivity index (χ1v) is 4.58. The van der Waals surface area contributed by atoms with Crippen LogP contribution in [0.5, 0.6) is 0 Å². The third kappa shape index (κ3) is 2.74. The van der Waals surface area contributed by atoms with E-state index in [1.54, 1.807) is 0 Å². The second-order valence-electron chi connectivity index (χ2n) is 2.97. The number of anilines is 1. The SMILES string of the molecule is NCCCN(C(N)=O)c1ccccc1. The minimum Gasteiger partial charge on any atom is -0.351 e. The molecule has 0 aliphatic rings. The molecule has 0 aliphatic carbocycles. The quantitative estimate of drug-likeness (QED) is 0.746. The summed E-state index contributed by atoms with van der Waals surface area (Å²) < 4.78 is 0. The van der Waals surface area contributed by atoms with Gasteiger partial charge in [0.2, 0.25) is 0 Å². The summed E-state index contributed by atoms with van der Waals surface area (Å²) >= 11 is 0. The average Bonchev–Trinajstić information content (AvgIpc) is 2.19. The molecule has 1 aromatic rings. The molecule has 0 heterocycles. The summed E-state index contributed by atoms with van der Waals surface area (Å²) in [5.41, 5.74) is 11.4. The number of nitrogens with two attached hydrogens (primary N) is 2. The fraction of sp³-hybridized carbons (Fsp3) is 0.300. The molecule has 1 rings (SSSR count). The van der Waals surface area contributed by atoms with Crippen molar-refractivity contribution >= 4 is 11.7 Å². The summed E-state index contributed by atoms with van der Waals surface area (Å²) in [6.07, 6.45) is 0.748. The molecule has 14 heavy (non-hydrogen) atoms. The van der Waals surface area contributed by atoms with Gasteiger partial charge in [-0.05, 0) is 25.1 Å². The first kappa shape index (κ1) is 10.5. The van der Waals surface area contributed by atoms with Crippen LogP contribution < -0.4 is 16.4 Å². The summed E-state index contributed by atoms with van der Waals surface area (Å²) in [7, 11) is 0. The predicted octanol–water partition coefficient (Wildman–Crippen LogP) is 0.920. The maximum absolute atomic E-state index is 11.1. The van der Waals surface area contributed by atoms with Crippen molar-refractivity contribution in [3.8, 4) is 0 Å². The van der Waals surface area contributed by atoms with Gasteiger partial charge in [0.15, 0.2) is 0 Å². The number of para-hydroxylation sites is 1. The molecule has 0 aliphatic heterocycles. The Morgan fingerprint density at radius 2 is 1.93 bits per heavy atom. The number of primary amides is 1. The zero-order valence-electron chi connectivity index (χ0n) is 8.02. The van der Waals surface area contributed by atoms with Gasteiger partial charge >= 0.3 is 6.03 Å². The third-order valence-corrected chi connectivity index (χ3v) is 1.92. The molecule has 0 aromatic heterocycles. The molecule has 4 heteroatoms. The highest BCUT2D eigenvalue weighted by atomic mass is 16.2. The van der Waals surface area contributed by atoms with E-state index in [-0.39, 0.29) is 0 Å². The maximum Gasteiger partial charge on any atom is 0.319 e. The van der Waals surface area contributed by atoms with Gasteiger partial charge < -0.3 is 11.5 Å². The Morgan fingerprint density at radius 1 is 1.29 bits per heavy atom. The van der Waals surface area contributed by atoms with Gasteiger partial charge in [-0.3, -0.25) is 4.90 Å². The van der Waals surface area contributed by atoms with E-state index in [4.69, 9.17) is 11.5 Å². The van der Waals surface area contributed by atoms with Crippen molar-refractivity contribution in [1.82, 2.24) is 0 Å². The Bertz CT molecular complexity index is 287. The minimum atomic E-state index is -0.440. The lowest BCUT2D eigenvalue weighted by Gasteiger charge is -2.19. The Morgan fingerprint density at radius 3 is 2.43 bits per heavy atom. The van der Waals surface area contributed by atoms with Crippen LogP contribution in [0.15, 0.2) is 30.3 Å². The van der Waals surface area contributed by atoms with Crippen LogP contribution in [-0.4, -0.2) is 19.1 Å². The van der Waals surface area contributed by atoms with Crippen LogP contribution in [0, 0.1) is 0 Å². The molecule has 0 saturated carbocycles. The van der Waals surface area contributed by atoms with Crippen molar-refractivity contribution in [2.24, 2.45) is 11.5 Å². The summed E-state index contributed by atoms with van der Waals surface area (Å²) in [5.74, 6) is 0. The van der Waals surface area contributed by atoms with Crippen molar-refractivity contribution in [3.63, 3.8) is 0 Å². The molecule has 4 nitrogen and oxygen atoms in total. The van der Waals surface area contributed by atoms with Gasteiger partial charge in [0.05, 0.1) is 0 Å². The zero-order chi connectivity index (χ0) is 10.4. The van der Waals surface area contributed by atoms with E-state index in [9.17, 15) is 4.79 Å². The summed E-state index contributed by atoms with van der Waals surface area (Å²) in [5, 5.41) is 0. The second-order valence-corrected chi connectivity index (χ2v) is 2.97. The molecule has 0 atom stereocenters. The monoisotopic (exact) mass is 193 g/mol. The zero-order valence-corrected chi connectivity index (χ0v) is 8.02. The fourth-order valence-electron chi connectivity index (χ4n) is 1.22. The van der Waals surface area contributed by atoms with Gasteiger partial charge in [-0.2, -0.15) is 0 Å². The van der Waals surface area contributed by atoms with E-state index < -0.39 is 6.03 Å². The first-order chi connectivity index (χ1) is 6.75. The van der Waals surface area contributed by atoms with Gasteiger partial charge in [0.25, 0.3) is 0 Å². The highest BCUT2D eigenvalue weighted by Crippen LogP contribution is 2.12. The molecule has 0 fully saturated rings. The first-order valence-electron chi connectivity index (χ1n) is 4.58. The molecular weight excluding hydrogens is 178 g/mol. The number of urea groups is 1. The van der Waals surface area contributed by atoms with Gasteiger partial charge in [0.1, 0.15) is 0 Å². The summed E-state index contributed by atoms with van der Waals surface area (Å²) in [6.45, 7) is 1.12. The lowest BCUT2D eigenvalue weighted by molar-refractivity contribution is 0.254. The fourth-order valence-corrected chi connectivity index (χ4v) is 1.22. The lowest BCUT2D eigenvalue weighted by atomic mass is 10.3. The Kier molecular flexibility index (Phi) is 3.94. The Balaban J connectivity index is 2.73. The average molecular weight is 193 g/mol. The van der Waals surface area contributed by atoms with E-state index in [0.29, 0.717) is 13.1 Å². The largest absolute Gasteiger partial charge is 0.351 e. The highest BCUT2D eigenvalue weighted by Gasteiger charge is 2.10. The molecule has 1 aromatic carbocycles. The molecule has 0 saturated heterocycles. The number of carbonyl (C=O) groups is 1. The van der Waals surface area contributed by atoms with Crippen LogP contribution >= 0.6 is 0 Å². The Hall–Kier alpha value is -1.55. The maximum atomic E-state index is 11.1. The number of hydrogen-bond donors (Lipinski definition) is 2. The topological polar surface area (TPSA) is 72.3 Å². The Labute approximate surface area is 83.5 Å². The third-order valence-electron chi connectivity index (χ3n) is 1.92. The number of carbonyl (C=O) groups excluding carboxylic acids is 1. The standard InChI is InChI=1S/C10H15N3O/c11-7-4-8-13(10(12)14)9-5-2-1-3-6-9/h1-3,5-6H,4,7-8,11H2,(H2,12,14). The number of hydrogen-bond acceptors (Lipinski definition) is 2. The van der Waals surface area contributed by atoms with E-state index >= 15 is 0 Å². The number of nitrogens with zero attached hydrogens (tertiary/aromatic N) is 1. The van der Waals surface area contributed by atoms with Crippen LogP contribution in [-0.2, 0) is 0 Å². The van der Waals surface area contributed by atoms with Crippen molar-refractivity contribution in [2.75, 3.05) is 18.0 Å². The number of benzene rings is 1. The van der Waals surface area contributed by atoms with Crippen LogP contribution in [0.4, 0.5) is 10.5 Å². The van der Waals surface area contributed by atoms with Gasteiger partial charge in [-0.25, -0.2) is 4.79 Å². The van der Waals surface area contributed by atoms with E-state index in [1.807, 2.05) is 30.3 Å². The van der Waals surface area contributed by atoms with E-state index in [0.717, 1.165) is 12.1 Å². The molecule has 4 N–H and O–H groups in total. The van der Waals surface area contributed by atoms with Crippen molar-refractivity contribution in [2.45, 2.75) is 6.42 Å². The minimum absolute atomic E-state index is 0.440. The molecular formula is C10H15N3O. The molecule has 0 spiro atoms. The smallest absolute Gasteiger partial charge is 0.319 e. The molecule has 76 valence electrons. The van der Waals surface area contributed by atoms with Gasteiger partial charge in [0, 0.05) is 12.2 Å². The van der Waals surface area contributed by atoms with Crippen molar-refractivity contribution < 1.29 is 4.79 Å². The highest BCUT2D eigenvalue weighted by molar-refractivity contribution is 5.90. The van der Waals surface area contributed by atoms with Crippen molar-refractivity contribution in [3.05, 3.63) is 30.3 Å². The van der Waals surface area contributed by atoms with E-state index in [1.165, 1.54) is 4.90 Å². The van der Waals surface area contributed by atoms with Crippen molar-refractivity contribution in [1.29, 1.82) is 0 Å². The summed E-state index contributed by atoms with van der Waals surface area (Å²) in [6, 6.07) is 8.89. The summed E-state index contributed by atoms with van der Waals surface area (Å²) in [4.78, 5) is 12.6. The second kappa shape index (κ2) is 5.24. The predicted molar refractivity (Wildman–Crippen MR) is 57.0 cm³/mol. The number of rotatable bonds is 4. The number of amides is 2. The molecule has 0 bridgehead atoms. The van der Waals surface area contributed by atoms with E-state index in [2.05, 4.69) is 0 Å². The molecule has 0 unspecified atom stereocenters. The van der Waals surface area contributed by atoms with Crippen LogP contribution in [0.1, 0.15) is 6.42 Å². The van der Waals surface area contributed by atoms with Crippen LogP contribution in [0.25, 0.3) is 0 Å². The van der Waals surface area contributed by atoms with Crippen LogP contribution in [0.2, 0.25) is 0 Å². The molecule has 2 amide bonds. The van der Waals surface area contributed by atoms with Gasteiger partial charge in [-0.15, -0.1) is 0 Å². The van der Waals surface area contributed by atoms with Crippen LogP contribution in [0.3, 0.4) is 0 Å². The normalized spacial score (nSPS) is 9.79. The van der Waals surface area contributed by atoms with Gasteiger partial charge in [-0.1, -0.05) is 18.2 Å². The molecule has 0 radical (unpaired) electrons. The lowest BCUT2D eigenvalue weighted by Crippen LogP contribution is -2.37.